The molecule has 0 N–H and O–H groups in total. The van der Waals surface area contributed by atoms with Crippen molar-refractivity contribution in [1.29, 1.82) is 0 Å². The second kappa shape index (κ2) is 4.29. The molecule has 2 saturated heterocycles. The number of carbonyl (C=O) groups excluding carboxylic acids is 2. The highest BCUT2D eigenvalue weighted by Crippen LogP contribution is 2.31. The van der Waals surface area contributed by atoms with Gasteiger partial charge in [0.05, 0.1) is 6.54 Å². The average molecular weight is 260 g/mol. The van der Waals surface area contributed by atoms with Crippen molar-refractivity contribution in [2.24, 2.45) is 0 Å². The second-order valence-electron chi connectivity index (χ2n) is 4.91. The van der Waals surface area contributed by atoms with Gasteiger partial charge in [0.2, 0.25) is 0 Å². The van der Waals surface area contributed by atoms with Gasteiger partial charge in [-0.25, -0.2) is 13.9 Å². The maximum Gasteiger partial charge on any atom is 0.420 e. The van der Waals surface area contributed by atoms with Gasteiger partial charge in [-0.3, -0.25) is 4.90 Å². The van der Waals surface area contributed by atoms with Gasteiger partial charge in [0.25, 0.3) is 0 Å². The Morgan fingerprint density at radius 1 is 1.47 bits per heavy atom. The Morgan fingerprint density at radius 3 is 2.82 bits per heavy atom. The zero-order valence-corrected chi connectivity index (χ0v) is 11.0. The summed E-state index contributed by atoms with van der Waals surface area (Å²) in [4.78, 5) is 24.7. The van der Waals surface area contributed by atoms with E-state index in [0.29, 0.717) is 19.7 Å². The minimum absolute atomic E-state index is 0.108. The number of cyclic esters (lactones) is 1. The van der Waals surface area contributed by atoms with E-state index in [1.165, 1.54) is 11.9 Å². The van der Waals surface area contributed by atoms with Crippen LogP contribution in [-0.4, -0.2) is 52.1 Å². The molecular formula is C10H16N2O4S. The van der Waals surface area contributed by atoms with Crippen molar-refractivity contribution in [2.75, 3.05) is 19.7 Å². The molecule has 6 nitrogen and oxygen atoms in total. The van der Waals surface area contributed by atoms with Gasteiger partial charge in [-0.15, -0.1) is 0 Å². The van der Waals surface area contributed by atoms with E-state index < -0.39 is 5.60 Å². The number of fused-ring (bicyclic) bond motifs is 1. The van der Waals surface area contributed by atoms with Crippen molar-refractivity contribution in [3.63, 3.8) is 0 Å². The van der Waals surface area contributed by atoms with Crippen molar-refractivity contribution >= 4 is 24.1 Å². The van der Waals surface area contributed by atoms with Gasteiger partial charge in [0.1, 0.15) is 17.6 Å². The fourth-order valence-electron chi connectivity index (χ4n) is 1.60. The molecule has 0 bridgehead atoms. The van der Waals surface area contributed by atoms with Crippen molar-refractivity contribution in [1.82, 2.24) is 9.21 Å². The van der Waals surface area contributed by atoms with E-state index in [1.54, 1.807) is 9.21 Å². The van der Waals surface area contributed by atoms with E-state index >= 15 is 0 Å². The van der Waals surface area contributed by atoms with Crippen LogP contribution in [0.2, 0.25) is 0 Å². The van der Waals surface area contributed by atoms with Crippen molar-refractivity contribution < 1.29 is 19.1 Å². The zero-order chi connectivity index (χ0) is 12.6. The van der Waals surface area contributed by atoms with Crippen LogP contribution in [-0.2, 0) is 9.47 Å². The Labute approximate surface area is 104 Å². The van der Waals surface area contributed by atoms with Crippen LogP contribution < -0.4 is 0 Å². The van der Waals surface area contributed by atoms with Gasteiger partial charge >= 0.3 is 12.2 Å². The number of rotatable bonds is 0. The summed E-state index contributed by atoms with van der Waals surface area (Å²) in [7, 11) is 0. The van der Waals surface area contributed by atoms with E-state index in [-0.39, 0.29) is 17.6 Å². The summed E-state index contributed by atoms with van der Waals surface area (Å²) >= 11 is 1.29. The third-order valence-corrected chi connectivity index (χ3v) is 3.54. The highest BCUT2D eigenvalue weighted by atomic mass is 32.2. The first-order chi connectivity index (χ1) is 7.87. The number of hydrogen-bond donors (Lipinski definition) is 0. The Kier molecular flexibility index (Phi) is 3.11. The average Bonchev–Trinajstić information content (AvgIpc) is 2.57. The third kappa shape index (κ3) is 2.77. The Hall–Kier alpha value is -1.11. The maximum atomic E-state index is 11.8. The van der Waals surface area contributed by atoms with Gasteiger partial charge in [-0.05, 0) is 32.7 Å². The van der Waals surface area contributed by atoms with Crippen molar-refractivity contribution in [3.8, 4) is 0 Å². The maximum absolute atomic E-state index is 11.8. The van der Waals surface area contributed by atoms with Gasteiger partial charge in [0.15, 0.2) is 0 Å². The number of carbonyl (C=O) groups is 2. The van der Waals surface area contributed by atoms with E-state index in [0.717, 1.165) is 0 Å². The lowest BCUT2D eigenvalue weighted by Crippen LogP contribution is -2.47. The van der Waals surface area contributed by atoms with Crippen molar-refractivity contribution in [3.05, 3.63) is 0 Å². The highest BCUT2D eigenvalue weighted by Gasteiger charge is 2.40. The molecule has 2 heterocycles. The lowest BCUT2D eigenvalue weighted by molar-refractivity contribution is 0.0384. The van der Waals surface area contributed by atoms with E-state index in [4.69, 9.17) is 9.47 Å². The summed E-state index contributed by atoms with van der Waals surface area (Å²) in [5.74, 6) is 0. The topological polar surface area (TPSA) is 59.1 Å². The van der Waals surface area contributed by atoms with E-state index in [9.17, 15) is 9.59 Å². The molecule has 2 fully saturated rings. The van der Waals surface area contributed by atoms with Crippen LogP contribution in [0.1, 0.15) is 20.8 Å². The van der Waals surface area contributed by atoms with Crippen LogP contribution in [0.3, 0.4) is 0 Å². The van der Waals surface area contributed by atoms with Crippen LogP contribution in [0.4, 0.5) is 9.59 Å². The van der Waals surface area contributed by atoms with Gasteiger partial charge in [-0.1, -0.05) is 0 Å². The first-order valence-electron chi connectivity index (χ1n) is 5.47. The normalized spacial score (nSPS) is 24.4. The van der Waals surface area contributed by atoms with Crippen LogP contribution in [0, 0.1) is 0 Å². The fraction of sp³-hybridized carbons (Fsp3) is 0.800. The van der Waals surface area contributed by atoms with Crippen LogP contribution in [0.15, 0.2) is 0 Å². The molecule has 2 aliphatic rings. The molecule has 2 amide bonds. The number of nitrogens with zero attached hydrogens (tertiary/aromatic N) is 2. The third-order valence-electron chi connectivity index (χ3n) is 2.32. The minimum Gasteiger partial charge on any atom is -0.446 e. The van der Waals surface area contributed by atoms with Gasteiger partial charge < -0.3 is 9.47 Å². The monoisotopic (exact) mass is 260 g/mol. The molecule has 17 heavy (non-hydrogen) atoms. The molecule has 0 saturated carbocycles. The van der Waals surface area contributed by atoms with Gasteiger partial charge in [-0.2, -0.15) is 0 Å². The van der Waals surface area contributed by atoms with Crippen LogP contribution >= 0.6 is 11.9 Å². The van der Waals surface area contributed by atoms with E-state index in [2.05, 4.69) is 0 Å². The first kappa shape index (κ1) is 12.3. The molecule has 0 unspecified atom stereocenters. The van der Waals surface area contributed by atoms with Crippen molar-refractivity contribution in [2.45, 2.75) is 31.7 Å². The summed E-state index contributed by atoms with van der Waals surface area (Å²) < 4.78 is 11.7. The summed E-state index contributed by atoms with van der Waals surface area (Å²) in [5, 5.41) is -0.108. The quantitative estimate of drug-likeness (QED) is 0.620. The summed E-state index contributed by atoms with van der Waals surface area (Å²) in [6, 6.07) is 0. The molecule has 0 radical (unpaired) electrons. The largest absolute Gasteiger partial charge is 0.446 e. The number of ether oxygens (including phenoxy) is 2. The first-order valence-corrected chi connectivity index (χ1v) is 6.31. The molecule has 0 spiro atoms. The SMILES string of the molecule is CC(C)(C)OC(=O)N1CCN2C(=O)OC[C@H]2S1. The highest BCUT2D eigenvalue weighted by molar-refractivity contribution is 7.98. The Morgan fingerprint density at radius 2 is 2.18 bits per heavy atom. The lowest BCUT2D eigenvalue weighted by Gasteiger charge is -2.34. The molecule has 1 atom stereocenters. The molecule has 0 aromatic carbocycles. The smallest absolute Gasteiger partial charge is 0.420 e. The standard InChI is InChI=1S/C10H16N2O4S/c1-10(2,3)16-9(14)12-5-4-11-7(17-12)6-15-8(11)13/h7H,4-6H2,1-3H3/t7-/m1/s1. The Bertz CT molecular complexity index is 342. The summed E-state index contributed by atoms with van der Waals surface area (Å²) in [6.07, 6.45) is -0.659. The minimum atomic E-state index is -0.503. The predicted molar refractivity (Wildman–Crippen MR) is 62.4 cm³/mol. The molecular weight excluding hydrogens is 244 g/mol. The molecule has 2 rings (SSSR count). The van der Waals surface area contributed by atoms with E-state index in [1.807, 2.05) is 20.8 Å². The fourth-order valence-corrected chi connectivity index (χ4v) is 2.64. The van der Waals surface area contributed by atoms with Crippen LogP contribution in [0.5, 0.6) is 0 Å². The molecule has 7 heteroatoms. The summed E-state index contributed by atoms with van der Waals surface area (Å²) in [6.45, 7) is 6.76. The molecule has 96 valence electrons. The number of hydrogen-bond acceptors (Lipinski definition) is 5. The predicted octanol–water partition coefficient (Wildman–Crippen LogP) is 1.66. The zero-order valence-electron chi connectivity index (χ0n) is 10.1. The second-order valence-corrected chi connectivity index (χ2v) is 6.11. The van der Waals surface area contributed by atoms with Gasteiger partial charge in [0, 0.05) is 6.54 Å². The molecule has 0 aromatic rings. The summed E-state index contributed by atoms with van der Waals surface area (Å²) in [5.41, 5.74) is -0.503. The van der Waals surface area contributed by atoms with Crippen LogP contribution in [0.25, 0.3) is 0 Å². The molecule has 2 aliphatic heterocycles. The lowest BCUT2D eigenvalue weighted by atomic mass is 10.2. The number of amides is 2. The Balaban J connectivity index is 1.93. The molecule has 0 aromatic heterocycles. The molecule has 0 aliphatic carbocycles.